The normalized spacial score (nSPS) is 10.1. The summed E-state index contributed by atoms with van der Waals surface area (Å²) in [6.45, 7) is 5.85. The molecular weight excluding hydrogens is 354 g/mol. The molecule has 3 N–H and O–H groups in total. The van der Waals surface area contributed by atoms with Crippen LogP contribution in [0.15, 0.2) is 41.0 Å². The van der Waals surface area contributed by atoms with Gasteiger partial charge in [0.1, 0.15) is 12.0 Å². The maximum Gasteiger partial charge on any atom is 0.258 e. The SMILES string of the molecule is CCCN(CCC)C(=O)c1ccc(NC(=O)c2coc(CN)c2)cc1.Cl. The highest BCUT2D eigenvalue weighted by Gasteiger charge is 2.15. The van der Waals surface area contributed by atoms with Gasteiger partial charge in [0.15, 0.2) is 0 Å². The highest BCUT2D eigenvalue weighted by Crippen LogP contribution is 2.15. The first-order valence-electron chi connectivity index (χ1n) is 8.57. The molecule has 0 atom stereocenters. The van der Waals surface area contributed by atoms with Crippen LogP contribution in [0.1, 0.15) is 53.2 Å². The van der Waals surface area contributed by atoms with E-state index in [1.165, 1.54) is 6.26 Å². The molecular formula is C19H26ClN3O3. The van der Waals surface area contributed by atoms with Gasteiger partial charge >= 0.3 is 0 Å². The Morgan fingerprint density at radius 3 is 2.19 bits per heavy atom. The lowest BCUT2D eigenvalue weighted by molar-refractivity contribution is 0.0755. The first-order valence-corrected chi connectivity index (χ1v) is 8.57. The van der Waals surface area contributed by atoms with Gasteiger partial charge in [-0.2, -0.15) is 0 Å². The van der Waals surface area contributed by atoms with Crippen molar-refractivity contribution in [3.63, 3.8) is 0 Å². The van der Waals surface area contributed by atoms with Crippen molar-refractivity contribution in [1.29, 1.82) is 0 Å². The maximum atomic E-state index is 12.5. The third kappa shape index (κ3) is 5.61. The maximum absolute atomic E-state index is 12.5. The number of amides is 2. The second kappa shape index (κ2) is 10.6. The van der Waals surface area contributed by atoms with E-state index in [1.54, 1.807) is 30.3 Å². The van der Waals surface area contributed by atoms with E-state index in [0.29, 0.717) is 22.6 Å². The minimum atomic E-state index is -0.277. The molecule has 1 heterocycles. The van der Waals surface area contributed by atoms with Gasteiger partial charge in [-0.3, -0.25) is 9.59 Å². The van der Waals surface area contributed by atoms with Gasteiger partial charge in [0.2, 0.25) is 0 Å². The molecule has 0 radical (unpaired) electrons. The number of nitrogens with zero attached hydrogens (tertiary/aromatic N) is 1. The fourth-order valence-corrected chi connectivity index (χ4v) is 2.54. The number of rotatable bonds is 8. The van der Waals surface area contributed by atoms with Gasteiger partial charge in [0, 0.05) is 24.3 Å². The van der Waals surface area contributed by atoms with Crippen LogP contribution in [0.5, 0.6) is 0 Å². The molecule has 0 bridgehead atoms. The van der Waals surface area contributed by atoms with E-state index in [0.717, 1.165) is 25.9 Å². The zero-order valence-corrected chi connectivity index (χ0v) is 16.0. The Hall–Kier alpha value is -2.31. The lowest BCUT2D eigenvalue weighted by atomic mass is 10.1. The Balaban J connectivity index is 0.00000338. The van der Waals surface area contributed by atoms with Crippen LogP contribution in [0.3, 0.4) is 0 Å². The lowest BCUT2D eigenvalue weighted by Gasteiger charge is -2.21. The first-order chi connectivity index (χ1) is 12.1. The van der Waals surface area contributed by atoms with Crippen molar-refractivity contribution < 1.29 is 14.0 Å². The second-order valence-corrected chi connectivity index (χ2v) is 5.83. The number of carbonyl (C=O) groups excluding carboxylic acids is 2. The smallest absolute Gasteiger partial charge is 0.258 e. The molecule has 2 rings (SSSR count). The van der Waals surface area contributed by atoms with Crippen LogP contribution >= 0.6 is 12.4 Å². The van der Waals surface area contributed by atoms with Crippen LogP contribution in [0.2, 0.25) is 0 Å². The fourth-order valence-electron chi connectivity index (χ4n) is 2.54. The molecule has 2 aromatic rings. The number of nitrogens with one attached hydrogen (secondary N) is 1. The van der Waals surface area contributed by atoms with Crippen molar-refractivity contribution in [2.75, 3.05) is 18.4 Å². The van der Waals surface area contributed by atoms with Crippen molar-refractivity contribution in [2.45, 2.75) is 33.2 Å². The van der Waals surface area contributed by atoms with E-state index in [9.17, 15) is 9.59 Å². The standard InChI is InChI=1S/C19H25N3O3.ClH/c1-3-9-22(10-4-2)19(24)14-5-7-16(8-6-14)21-18(23)15-11-17(12-20)25-13-15;/h5-8,11,13H,3-4,9-10,12,20H2,1-2H3,(H,21,23);1H. The Labute approximate surface area is 160 Å². The predicted octanol–water partition coefficient (Wildman–Crippen LogP) is 3.67. The van der Waals surface area contributed by atoms with Crippen molar-refractivity contribution in [3.05, 3.63) is 53.5 Å². The lowest BCUT2D eigenvalue weighted by Crippen LogP contribution is -2.32. The number of anilines is 1. The van der Waals surface area contributed by atoms with Crippen LogP contribution in [-0.4, -0.2) is 29.8 Å². The quantitative estimate of drug-likeness (QED) is 0.732. The number of furan rings is 1. The van der Waals surface area contributed by atoms with Gasteiger partial charge in [-0.1, -0.05) is 13.8 Å². The van der Waals surface area contributed by atoms with E-state index < -0.39 is 0 Å². The monoisotopic (exact) mass is 379 g/mol. The fraction of sp³-hybridized carbons (Fsp3) is 0.368. The number of benzene rings is 1. The number of carbonyl (C=O) groups is 2. The minimum Gasteiger partial charge on any atom is -0.467 e. The van der Waals surface area contributed by atoms with Crippen molar-refractivity contribution in [1.82, 2.24) is 4.90 Å². The Kier molecular flexibility index (Phi) is 8.88. The third-order valence-electron chi connectivity index (χ3n) is 3.78. The van der Waals surface area contributed by atoms with Gasteiger partial charge in [-0.15, -0.1) is 12.4 Å². The Morgan fingerprint density at radius 1 is 1.08 bits per heavy atom. The highest BCUT2D eigenvalue weighted by molar-refractivity contribution is 6.04. The Bertz CT molecular complexity index is 707. The second-order valence-electron chi connectivity index (χ2n) is 5.83. The number of hydrogen-bond donors (Lipinski definition) is 2. The van der Waals surface area contributed by atoms with Crippen molar-refractivity contribution in [2.24, 2.45) is 5.73 Å². The molecule has 1 aromatic carbocycles. The van der Waals surface area contributed by atoms with Crippen molar-refractivity contribution in [3.8, 4) is 0 Å². The molecule has 2 amide bonds. The topological polar surface area (TPSA) is 88.6 Å². The highest BCUT2D eigenvalue weighted by atomic mass is 35.5. The molecule has 0 spiro atoms. The molecule has 6 nitrogen and oxygen atoms in total. The summed E-state index contributed by atoms with van der Waals surface area (Å²) >= 11 is 0. The summed E-state index contributed by atoms with van der Waals surface area (Å²) in [7, 11) is 0. The van der Waals surface area contributed by atoms with Crippen LogP contribution in [0.4, 0.5) is 5.69 Å². The van der Waals surface area contributed by atoms with Crippen LogP contribution < -0.4 is 11.1 Å². The van der Waals surface area contributed by atoms with Crippen LogP contribution in [0, 0.1) is 0 Å². The molecule has 1 aromatic heterocycles. The Morgan fingerprint density at radius 2 is 1.69 bits per heavy atom. The largest absolute Gasteiger partial charge is 0.467 e. The van der Waals surface area contributed by atoms with E-state index in [2.05, 4.69) is 19.2 Å². The average molecular weight is 380 g/mol. The summed E-state index contributed by atoms with van der Waals surface area (Å²) in [4.78, 5) is 26.5. The van der Waals surface area contributed by atoms with Gasteiger partial charge in [0.25, 0.3) is 11.8 Å². The summed E-state index contributed by atoms with van der Waals surface area (Å²) in [6.07, 6.45) is 3.23. The van der Waals surface area contributed by atoms with E-state index >= 15 is 0 Å². The first kappa shape index (κ1) is 21.7. The number of hydrogen-bond acceptors (Lipinski definition) is 4. The molecule has 0 aliphatic rings. The van der Waals surface area contributed by atoms with Gasteiger partial charge < -0.3 is 20.4 Å². The van der Waals surface area contributed by atoms with E-state index in [-0.39, 0.29) is 30.8 Å². The zero-order chi connectivity index (χ0) is 18.2. The zero-order valence-electron chi connectivity index (χ0n) is 15.2. The van der Waals surface area contributed by atoms with Gasteiger partial charge in [-0.05, 0) is 43.2 Å². The summed E-state index contributed by atoms with van der Waals surface area (Å²) in [5.41, 5.74) is 7.12. The summed E-state index contributed by atoms with van der Waals surface area (Å²) < 4.78 is 5.16. The third-order valence-corrected chi connectivity index (χ3v) is 3.78. The summed E-state index contributed by atoms with van der Waals surface area (Å²) in [6, 6.07) is 8.53. The van der Waals surface area contributed by atoms with Gasteiger partial charge in [0.05, 0.1) is 12.1 Å². The summed E-state index contributed by atoms with van der Waals surface area (Å²) in [5.74, 6) is 0.295. The van der Waals surface area contributed by atoms with Crippen molar-refractivity contribution >= 4 is 29.9 Å². The van der Waals surface area contributed by atoms with E-state index in [1.807, 2.05) is 4.90 Å². The van der Waals surface area contributed by atoms with Gasteiger partial charge in [-0.25, -0.2) is 0 Å². The molecule has 0 aliphatic heterocycles. The molecule has 0 saturated carbocycles. The molecule has 7 heteroatoms. The summed E-state index contributed by atoms with van der Waals surface area (Å²) in [5, 5.41) is 2.78. The minimum absolute atomic E-state index is 0. The molecule has 0 saturated heterocycles. The number of halogens is 1. The van der Waals surface area contributed by atoms with Crippen LogP contribution in [0.25, 0.3) is 0 Å². The molecule has 0 aliphatic carbocycles. The number of nitrogens with two attached hydrogens (primary N) is 1. The van der Waals surface area contributed by atoms with Crippen LogP contribution in [-0.2, 0) is 6.54 Å². The molecule has 0 fully saturated rings. The average Bonchev–Trinajstić information content (AvgIpc) is 3.11. The molecule has 142 valence electrons. The predicted molar refractivity (Wildman–Crippen MR) is 105 cm³/mol. The van der Waals surface area contributed by atoms with E-state index in [4.69, 9.17) is 10.2 Å². The molecule has 26 heavy (non-hydrogen) atoms. The molecule has 0 unspecified atom stereocenters.